The molecule has 12 heteroatoms. The summed E-state index contributed by atoms with van der Waals surface area (Å²) in [6, 6.07) is 12.1. The van der Waals surface area contributed by atoms with Crippen LogP contribution in [0.5, 0.6) is 0 Å². The summed E-state index contributed by atoms with van der Waals surface area (Å²) in [5.74, 6) is -8.64. The first-order valence-electron chi connectivity index (χ1n) is 18.0. The van der Waals surface area contributed by atoms with Crippen LogP contribution < -0.4 is 0 Å². The molecule has 0 bridgehead atoms. The Bertz CT molecular complexity index is 3750. The molecule has 6 nitrogen and oxygen atoms in total. The first-order valence-corrected chi connectivity index (χ1v) is 18.0. The van der Waals surface area contributed by atoms with Crippen LogP contribution in [0.25, 0.3) is 108 Å². The summed E-state index contributed by atoms with van der Waals surface area (Å²) in [6.07, 6.45) is 0. The highest BCUT2D eigenvalue weighted by Gasteiger charge is 2.37. The van der Waals surface area contributed by atoms with E-state index in [1.807, 2.05) is 0 Å². The fraction of sp³-hybridized carbons (Fsp3) is 0.0435. The molecule has 0 atom stereocenters. The van der Waals surface area contributed by atoms with E-state index in [-0.39, 0.29) is 130 Å². The quantitative estimate of drug-likeness (QED) is 0.0666. The standard InChI is InChI=1S/C46H16F6N2O4/c1-53-43(55)19-9-25(49)36-15-5-3-13-29-14(4-6-16(30(15)29)37-26(50)10-20(44(53)56)32(19)41(36)37)35-24(48)8-18-31-17(7-23(47)34(13)40(31)35)38-27(51)11-21-33-22(46(58)54(2)45(21)57)12-28(52)39(18)42(33)38/h3-12H,1-2H3. The van der Waals surface area contributed by atoms with E-state index in [1.54, 1.807) is 0 Å². The predicted octanol–water partition coefficient (Wildman–Crippen LogP) is 10.8. The van der Waals surface area contributed by atoms with E-state index in [0.29, 0.717) is 0 Å². The molecule has 0 N–H and O–H groups in total. The Kier molecular flexibility index (Phi) is 5.27. The minimum absolute atomic E-state index is 0.0125. The van der Waals surface area contributed by atoms with Crippen LogP contribution in [0.15, 0.2) is 60.7 Å². The summed E-state index contributed by atoms with van der Waals surface area (Å²) in [7, 11) is 2.42. The largest absolute Gasteiger partial charge is 0.277 e. The molecule has 11 aromatic carbocycles. The van der Waals surface area contributed by atoms with E-state index in [2.05, 4.69) is 0 Å². The van der Waals surface area contributed by atoms with Crippen LogP contribution in [-0.2, 0) is 0 Å². The van der Waals surface area contributed by atoms with Gasteiger partial charge in [-0.05, 0) is 84.9 Å². The number of benzene rings is 11. The van der Waals surface area contributed by atoms with Crippen LogP contribution >= 0.6 is 0 Å². The number of carbonyl (C=O) groups excluding carboxylic acids is 4. The van der Waals surface area contributed by atoms with Gasteiger partial charge < -0.3 is 0 Å². The Morgan fingerprint density at radius 1 is 0.293 bits per heavy atom. The molecule has 0 spiro atoms. The summed E-state index contributed by atoms with van der Waals surface area (Å²) >= 11 is 0. The average molecular weight is 775 g/mol. The van der Waals surface area contributed by atoms with Crippen molar-refractivity contribution in [1.82, 2.24) is 9.80 Å². The molecule has 58 heavy (non-hydrogen) atoms. The van der Waals surface area contributed by atoms with Crippen molar-refractivity contribution in [2.45, 2.75) is 0 Å². The average Bonchev–Trinajstić information content (AvgIpc) is 3.20. The van der Waals surface area contributed by atoms with E-state index < -0.39 is 58.5 Å². The van der Waals surface area contributed by atoms with Gasteiger partial charge in [0, 0.05) is 73.3 Å². The summed E-state index contributed by atoms with van der Waals surface area (Å²) in [5, 5.41) is 0.592. The lowest BCUT2D eigenvalue weighted by molar-refractivity contribution is 0.0635. The Morgan fingerprint density at radius 2 is 0.517 bits per heavy atom. The Labute approximate surface area is 318 Å². The second-order valence-electron chi connectivity index (χ2n) is 15.3. The van der Waals surface area contributed by atoms with Gasteiger partial charge >= 0.3 is 0 Å². The van der Waals surface area contributed by atoms with Crippen molar-refractivity contribution < 1.29 is 45.5 Å². The third-order valence-electron chi connectivity index (χ3n) is 12.8. The zero-order valence-corrected chi connectivity index (χ0v) is 29.6. The maximum Gasteiger partial charge on any atom is 0.261 e. The number of hydrogen-bond donors (Lipinski definition) is 0. The van der Waals surface area contributed by atoms with Gasteiger partial charge in [0.15, 0.2) is 0 Å². The number of rotatable bonds is 0. The minimum Gasteiger partial charge on any atom is -0.277 e. The van der Waals surface area contributed by atoms with Gasteiger partial charge in [0.25, 0.3) is 23.6 Å². The first kappa shape index (κ1) is 31.8. The molecule has 0 saturated carbocycles. The highest BCUT2D eigenvalue weighted by molar-refractivity contribution is 6.48. The van der Waals surface area contributed by atoms with Crippen molar-refractivity contribution in [1.29, 1.82) is 0 Å². The predicted molar refractivity (Wildman–Crippen MR) is 208 cm³/mol. The van der Waals surface area contributed by atoms with Crippen molar-refractivity contribution in [3.8, 4) is 0 Å². The van der Waals surface area contributed by atoms with E-state index in [1.165, 1.54) is 38.4 Å². The van der Waals surface area contributed by atoms with E-state index in [9.17, 15) is 19.2 Å². The third kappa shape index (κ3) is 3.17. The maximum atomic E-state index is 17.1. The SMILES string of the molecule is CN1C(=O)c2cc(F)c3c4ccc5c6c(F)cc7c8c(F)cc9c%10c(cc(F)c(c%11cc(F)c(c%12ccc(c%13c(F)cc(c2c3%13)C1=O)c4c5%12)c6c7%11)c%108)C(=O)N(C)C9=O. The number of halogens is 6. The molecule has 0 aromatic heterocycles. The number of carbonyl (C=O) groups is 4. The normalized spacial score (nSPS) is 15.0. The van der Waals surface area contributed by atoms with Gasteiger partial charge in [-0.25, -0.2) is 26.3 Å². The van der Waals surface area contributed by atoms with Crippen molar-refractivity contribution in [2.24, 2.45) is 0 Å². The van der Waals surface area contributed by atoms with Crippen molar-refractivity contribution >= 4 is 131 Å². The van der Waals surface area contributed by atoms with Crippen LogP contribution in [0.3, 0.4) is 0 Å². The van der Waals surface area contributed by atoms with Crippen LogP contribution in [-0.4, -0.2) is 47.5 Å². The molecule has 2 aliphatic heterocycles. The Balaban J connectivity index is 1.27. The van der Waals surface area contributed by atoms with Gasteiger partial charge in [0.1, 0.15) is 34.9 Å². The Hall–Kier alpha value is -7.34. The van der Waals surface area contributed by atoms with Crippen LogP contribution in [0, 0.1) is 34.9 Å². The number of fused-ring (bicyclic) bond motifs is 6. The molecule has 0 unspecified atom stereocenters. The molecular weight excluding hydrogens is 759 g/mol. The second-order valence-corrected chi connectivity index (χ2v) is 15.3. The molecule has 0 fully saturated rings. The first-order chi connectivity index (χ1) is 27.8. The number of imide groups is 2. The van der Waals surface area contributed by atoms with Crippen molar-refractivity contribution in [3.63, 3.8) is 0 Å². The molecule has 4 amide bonds. The lowest BCUT2D eigenvalue weighted by Gasteiger charge is -2.27. The number of hydrogen-bond acceptors (Lipinski definition) is 4. The van der Waals surface area contributed by atoms with Crippen LogP contribution in [0.4, 0.5) is 26.3 Å². The minimum atomic E-state index is -0.977. The highest BCUT2D eigenvalue weighted by Crippen LogP contribution is 2.54. The van der Waals surface area contributed by atoms with Crippen molar-refractivity contribution in [2.75, 3.05) is 14.1 Å². The van der Waals surface area contributed by atoms with Gasteiger partial charge in [-0.3, -0.25) is 29.0 Å². The van der Waals surface area contributed by atoms with E-state index >= 15 is 26.3 Å². The molecule has 13 rings (SSSR count). The molecule has 0 radical (unpaired) electrons. The Morgan fingerprint density at radius 3 is 0.810 bits per heavy atom. The molecule has 0 saturated heterocycles. The number of nitrogens with zero attached hydrogens (tertiary/aromatic N) is 2. The molecule has 0 aliphatic carbocycles. The zero-order valence-electron chi connectivity index (χ0n) is 29.6. The van der Waals surface area contributed by atoms with Crippen LogP contribution in [0.1, 0.15) is 41.4 Å². The topological polar surface area (TPSA) is 74.8 Å². The maximum absolute atomic E-state index is 17.1. The molecular formula is C46H16F6N2O4. The number of amides is 4. The van der Waals surface area contributed by atoms with Gasteiger partial charge in [-0.2, -0.15) is 0 Å². The lowest BCUT2D eigenvalue weighted by Crippen LogP contribution is -2.37. The fourth-order valence-electron chi connectivity index (χ4n) is 10.6. The van der Waals surface area contributed by atoms with Gasteiger partial charge in [0.2, 0.25) is 0 Å². The summed E-state index contributed by atoms with van der Waals surface area (Å²) < 4.78 is 100. The second kappa shape index (κ2) is 9.60. The summed E-state index contributed by atoms with van der Waals surface area (Å²) in [6.45, 7) is 0. The molecule has 2 aliphatic rings. The van der Waals surface area contributed by atoms with E-state index in [4.69, 9.17) is 0 Å². The highest BCUT2D eigenvalue weighted by atomic mass is 19.1. The van der Waals surface area contributed by atoms with Gasteiger partial charge in [-0.1, -0.05) is 24.3 Å². The third-order valence-corrected chi connectivity index (χ3v) is 12.8. The summed E-state index contributed by atoms with van der Waals surface area (Å²) in [4.78, 5) is 54.5. The van der Waals surface area contributed by atoms with Gasteiger partial charge in [-0.15, -0.1) is 0 Å². The fourth-order valence-corrected chi connectivity index (χ4v) is 10.6. The van der Waals surface area contributed by atoms with Gasteiger partial charge in [0.05, 0.1) is 22.3 Å². The zero-order chi connectivity index (χ0) is 39.9. The summed E-state index contributed by atoms with van der Waals surface area (Å²) in [5.41, 5.74) is -0.611. The monoisotopic (exact) mass is 774 g/mol. The van der Waals surface area contributed by atoms with E-state index in [0.717, 1.165) is 46.2 Å². The molecule has 11 aromatic rings. The molecule has 2 heterocycles. The van der Waals surface area contributed by atoms with Crippen molar-refractivity contribution in [3.05, 3.63) is 118 Å². The smallest absolute Gasteiger partial charge is 0.261 e. The van der Waals surface area contributed by atoms with Crippen LogP contribution in [0.2, 0.25) is 0 Å². The lowest BCUT2D eigenvalue weighted by atomic mass is 9.79. The molecule has 276 valence electrons.